The van der Waals surface area contributed by atoms with Crippen LogP contribution in [0.1, 0.15) is 21.3 Å². The van der Waals surface area contributed by atoms with Crippen molar-refractivity contribution < 1.29 is 0 Å². The van der Waals surface area contributed by atoms with Crippen molar-refractivity contribution in [1.82, 2.24) is 0 Å². The van der Waals surface area contributed by atoms with Crippen molar-refractivity contribution >= 4 is 8.41 Å². The Balaban J connectivity index is -0.0000000200. The van der Waals surface area contributed by atoms with Crippen molar-refractivity contribution in [3.05, 3.63) is 6.42 Å². The third-order valence-corrected chi connectivity index (χ3v) is 0. The first-order valence-electron chi connectivity index (χ1n) is 1.15. The molecule has 0 aliphatic heterocycles. The summed E-state index contributed by atoms with van der Waals surface area (Å²) in [6.07, 6.45) is 2.00. The molecular formula is C4H15B. The van der Waals surface area contributed by atoms with E-state index in [9.17, 15) is 0 Å². The van der Waals surface area contributed by atoms with Crippen LogP contribution in [0.25, 0.3) is 0 Å². The van der Waals surface area contributed by atoms with Gasteiger partial charge in [-0.2, -0.15) is 0 Å². The minimum absolute atomic E-state index is 0. The van der Waals surface area contributed by atoms with Crippen molar-refractivity contribution in [2.45, 2.75) is 21.3 Å². The fourth-order valence-electron chi connectivity index (χ4n) is 0. The van der Waals surface area contributed by atoms with E-state index in [0.29, 0.717) is 0 Å². The minimum atomic E-state index is 0. The zero-order valence-electron chi connectivity index (χ0n) is 2.58. The molecule has 0 aromatic heterocycles. The summed E-state index contributed by atoms with van der Waals surface area (Å²) in [7, 11) is 0. The van der Waals surface area contributed by atoms with Gasteiger partial charge in [-0.3, -0.25) is 0 Å². The van der Waals surface area contributed by atoms with Crippen LogP contribution >= 0.6 is 0 Å². The zero-order valence-corrected chi connectivity index (χ0v) is 2.58. The summed E-state index contributed by atoms with van der Waals surface area (Å²) in [6, 6.07) is 0. The molecule has 0 heterocycles. The smallest absolute Gasteiger partial charge is 0.0768 e. The molecule has 0 unspecified atom stereocenters. The zero-order chi connectivity index (χ0) is 2.71. The Bertz CT molecular complexity index is 3.61. The van der Waals surface area contributed by atoms with E-state index in [2.05, 4.69) is 0 Å². The summed E-state index contributed by atoms with van der Waals surface area (Å²) in [5.74, 6) is 0. The van der Waals surface area contributed by atoms with Crippen LogP contribution in [0.2, 0.25) is 0 Å². The predicted octanol–water partition coefficient (Wildman–Crippen LogP) is 0.415. The summed E-state index contributed by atoms with van der Waals surface area (Å²) < 4.78 is 0. The van der Waals surface area contributed by atoms with Crippen molar-refractivity contribution in [1.29, 1.82) is 0 Å². The maximum atomic E-state index is 2.00. The second-order valence-corrected chi connectivity index (χ2v) is 0.577. The average Bonchev–Trinajstić information content (AvgIpc) is 0.918. The highest BCUT2D eigenvalue weighted by molar-refractivity contribution is 5.75. The van der Waals surface area contributed by atoms with Gasteiger partial charge in [-0.05, 0) is 0 Å². The van der Waals surface area contributed by atoms with E-state index in [0.717, 1.165) is 0 Å². The molecule has 0 aliphatic rings. The number of hydrogen-bond donors (Lipinski definition) is 0. The standard InChI is InChI=1S/C3H7.CH4.BH4/c1-3-2;;/h3H,1-2H3;2*1H4/q+1;;-1. The topological polar surface area (TPSA) is 0 Å². The fourth-order valence-corrected chi connectivity index (χ4v) is 0. The molecule has 5 heavy (non-hydrogen) atoms. The molecule has 0 amide bonds. The highest BCUT2D eigenvalue weighted by Gasteiger charge is 1.49. The van der Waals surface area contributed by atoms with Crippen molar-refractivity contribution in [2.75, 3.05) is 0 Å². The molecule has 0 saturated carbocycles. The summed E-state index contributed by atoms with van der Waals surface area (Å²) in [4.78, 5) is 0. The largest absolute Gasteiger partial charge is 0.0776 e. The van der Waals surface area contributed by atoms with E-state index in [1.807, 2.05) is 20.3 Å². The third-order valence-electron chi connectivity index (χ3n) is 0. The van der Waals surface area contributed by atoms with Crippen LogP contribution in [-0.2, 0) is 0 Å². The molecule has 0 rings (SSSR count). The molecule has 0 aromatic rings. The molecule has 0 spiro atoms. The van der Waals surface area contributed by atoms with E-state index in [4.69, 9.17) is 0 Å². The molecule has 0 radical (unpaired) electrons. The van der Waals surface area contributed by atoms with Crippen LogP contribution in [0.15, 0.2) is 0 Å². The highest BCUT2D eigenvalue weighted by atomic mass is 13.4. The Morgan fingerprint density at radius 1 is 1.20 bits per heavy atom. The van der Waals surface area contributed by atoms with Crippen LogP contribution < -0.4 is 0 Å². The summed E-state index contributed by atoms with van der Waals surface area (Å²) in [6.45, 7) is 4.00. The Hall–Kier alpha value is -0.0651. The molecule has 0 fully saturated rings. The van der Waals surface area contributed by atoms with E-state index in [1.165, 1.54) is 0 Å². The second kappa shape index (κ2) is 38.8. The Kier molecular flexibility index (Phi) is 158. The minimum Gasteiger partial charge on any atom is -0.0776 e. The van der Waals surface area contributed by atoms with E-state index in [-0.39, 0.29) is 15.8 Å². The third kappa shape index (κ3) is 3480. The molecular weight excluding hydrogens is 58.9 g/mol. The van der Waals surface area contributed by atoms with Crippen molar-refractivity contribution in [3.63, 3.8) is 0 Å². The van der Waals surface area contributed by atoms with Gasteiger partial charge in [-0.1, -0.05) is 15.8 Å². The van der Waals surface area contributed by atoms with Crippen molar-refractivity contribution in [3.8, 4) is 0 Å². The van der Waals surface area contributed by atoms with Crippen molar-refractivity contribution in [2.24, 2.45) is 0 Å². The molecule has 0 N–H and O–H groups in total. The summed E-state index contributed by atoms with van der Waals surface area (Å²) >= 11 is 0. The molecule has 0 aromatic carbocycles. The molecule has 0 atom stereocenters. The van der Waals surface area contributed by atoms with Gasteiger partial charge in [0.25, 0.3) is 0 Å². The van der Waals surface area contributed by atoms with Gasteiger partial charge in [0.15, 0.2) is 0 Å². The van der Waals surface area contributed by atoms with Gasteiger partial charge in [-0.25, -0.2) is 0 Å². The lowest BCUT2D eigenvalue weighted by atomic mass is 10.6. The lowest BCUT2D eigenvalue weighted by Gasteiger charge is -1.34. The van der Waals surface area contributed by atoms with Crippen LogP contribution in [0.5, 0.6) is 0 Å². The SMILES string of the molecule is C.C[CH+]C.[BH4-]. The maximum absolute atomic E-state index is 2.00. The van der Waals surface area contributed by atoms with E-state index in [1.54, 1.807) is 0 Å². The van der Waals surface area contributed by atoms with Crippen LogP contribution in [-0.4, -0.2) is 8.41 Å². The van der Waals surface area contributed by atoms with Crippen LogP contribution in [0.4, 0.5) is 0 Å². The average molecular weight is 74.0 g/mol. The van der Waals surface area contributed by atoms with Gasteiger partial charge < -0.3 is 0 Å². The van der Waals surface area contributed by atoms with E-state index < -0.39 is 0 Å². The highest BCUT2D eigenvalue weighted by Crippen LogP contribution is 1.53. The lowest BCUT2D eigenvalue weighted by molar-refractivity contribution is 1.41. The quantitative estimate of drug-likeness (QED) is 0.288. The predicted molar refractivity (Wildman–Crippen MR) is 33.7 cm³/mol. The van der Waals surface area contributed by atoms with Crippen LogP contribution in [0, 0.1) is 6.42 Å². The number of hydrogen-bond acceptors (Lipinski definition) is 0. The van der Waals surface area contributed by atoms with Gasteiger partial charge in [-0.15, -0.1) is 0 Å². The maximum Gasteiger partial charge on any atom is 0.0768 e. The summed E-state index contributed by atoms with van der Waals surface area (Å²) in [5.41, 5.74) is 0. The van der Waals surface area contributed by atoms with Gasteiger partial charge >= 0.3 is 0 Å². The molecule has 0 aliphatic carbocycles. The van der Waals surface area contributed by atoms with Gasteiger partial charge in [0.2, 0.25) is 0 Å². The molecule has 1 heteroatoms. The molecule has 0 bridgehead atoms. The normalized spacial score (nSPS) is 2.80. The Morgan fingerprint density at radius 2 is 1.20 bits per heavy atom. The van der Waals surface area contributed by atoms with Gasteiger partial charge in [0.1, 0.15) is 0 Å². The summed E-state index contributed by atoms with van der Waals surface area (Å²) in [5, 5.41) is 0. The molecule has 0 nitrogen and oxygen atoms in total. The lowest BCUT2D eigenvalue weighted by Crippen LogP contribution is -1.30. The molecule has 34 valence electrons. The van der Waals surface area contributed by atoms with Crippen LogP contribution in [0.3, 0.4) is 0 Å². The van der Waals surface area contributed by atoms with E-state index >= 15 is 0 Å². The van der Waals surface area contributed by atoms with Gasteiger partial charge in [0, 0.05) is 0 Å². The molecule has 0 saturated heterocycles. The number of rotatable bonds is 0. The Morgan fingerprint density at radius 3 is 1.20 bits per heavy atom. The second-order valence-electron chi connectivity index (χ2n) is 0.577. The first-order chi connectivity index (χ1) is 1.41. The monoisotopic (exact) mass is 74.1 g/mol. The fraction of sp³-hybridized carbons (Fsp3) is 0.750. The first kappa shape index (κ1) is 20.4. The Labute approximate surface area is 37.2 Å². The first-order valence-corrected chi connectivity index (χ1v) is 1.15. The van der Waals surface area contributed by atoms with Gasteiger partial charge in [0.05, 0.1) is 20.3 Å².